The number of hydrogen-bond acceptors (Lipinski definition) is 3. The van der Waals surface area contributed by atoms with Crippen LogP contribution in [0, 0.1) is 5.82 Å². The lowest BCUT2D eigenvalue weighted by Gasteiger charge is -2.20. The molecule has 112 valence electrons. The Kier molecular flexibility index (Phi) is 4.57. The number of benzene rings is 1. The number of nitrogens with zero attached hydrogens (tertiary/aromatic N) is 3. The van der Waals surface area contributed by atoms with Crippen LogP contribution in [0.2, 0.25) is 0 Å². The Labute approximate surface area is 123 Å². The first-order valence-corrected chi connectivity index (χ1v) is 6.91. The van der Waals surface area contributed by atoms with Crippen molar-refractivity contribution in [3.05, 3.63) is 47.5 Å². The zero-order chi connectivity index (χ0) is 15.4. The van der Waals surface area contributed by atoms with Gasteiger partial charge in [-0.3, -0.25) is 9.48 Å². The van der Waals surface area contributed by atoms with Crippen LogP contribution >= 0.6 is 0 Å². The van der Waals surface area contributed by atoms with Crippen molar-refractivity contribution in [3.63, 3.8) is 0 Å². The average molecular weight is 290 g/mol. The number of aromatic nitrogens is 2. The summed E-state index contributed by atoms with van der Waals surface area (Å²) in [6.45, 7) is 5.25. The van der Waals surface area contributed by atoms with E-state index in [0.29, 0.717) is 25.3 Å². The second-order valence-electron chi connectivity index (χ2n) is 4.74. The minimum absolute atomic E-state index is 0.244. The van der Waals surface area contributed by atoms with Gasteiger partial charge < -0.3 is 10.6 Å². The number of carbonyl (C=O) groups excluding carboxylic acids is 1. The van der Waals surface area contributed by atoms with Crippen LogP contribution in [-0.2, 0) is 13.1 Å². The summed E-state index contributed by atoms with van der Waals surface area (Å²) in [4.78, 5) is 14.1. The summed E-state index contributed by atoms with van der Waals surface area (Å²) in [5.74, 6) is -0.558. The predicted octanol–water partition coefficient (Wildman–Crippen LogP) is 2.29. The van der Waals surface area contributed by atoms with E-state index in [0.717, 1.165) is 5.56 Å². The first kappa shape index (κ1) is 15.0. The van der Waals surface area contributed by atoms with Crippen LogP contribution < -0.4 is 5.73 Å². The van der Waals surface area contributed by atoms with Gasteiger partial charge >= 0.3 is 0 Å². The molecule has 0 saturated heterocycles. The second-order valence-corrected chi connectivity index (χ2v) is 4.74. The fourth-order valence-electron chi connectivity index (χ4n) is 2.10. The van der Waals surface area contributed by atoms with Gasteiger partial charge in [0.2, 0.25) is 0 Å². The van der Waals surface area contributed by atoms with Crippen LogP contribution in [0.25, 0.3) is 0 Å². The van der Waals surface area contributed by atoms with E-state index < -0.39 is 0 Å². The van der Waals surface area contributed by atoms with Crippen LogP contribution in [0.1, 0.15) is 29.9 Å². The first-order valence-electron chi connectivity index (χ1n) is 6.91. The SMILES string of the molecule is CCN(Cc1cccc(F)c1)C(=O)c1nn(CC)cc1N. The number of amides is 1. The van der Waals surface area contributed by atoms with Gasteiger partial charge in [-0.15, -0.1) is 0 Å². The minimum Gasteiger partial charge on any atom is -0.396 e. The second kappa shape index (κ2) is 6.39. The predicted molar refractivity (Wildman–Crippen MR) is 79.1 cm³/mol. The maximum Gasteiger partial charge on any atom is 0.276 e. The summed E-state index contributed by atoms with van der Waals surface area (Å²) in [5, 5.41) is 4.18. The van der Waals surface area contributed by atoms with Crippen molar-refractivity contribution in [2.24, 2.45) is 0 Å². The van der Waals surface area contributed by atoms with E-state index in [4.69, 9.17) is 5.73 Å². The summed E-state index contributed by atoms with van der Waals surface area (Å²) < 4.78 is 14.8. The van der Waals surface area contributed by atoms with Gasteiger partial charge in [-0.2, -0.15) is 5.10 Å². The number of rotatable bonds is 5. The molecule has 1 heterocycles. The Balaban J connectivity index is 2.20. The molecule has 1 aromatic carbocycles. The molecule has 0 aliphatic rings. The van der Waals surface area contributed by atoms with Crippen LogP contribution in [0.4, 0.5) is 10.1 Å². The molecule has 2 aromatic rings. The molecule has 0 spiro atoms. The fraction of sp³-hybridized carbons (Fsp3) is 0.333. The monoisotopic (exact) mass is 290 g/mol. The highest BCUT2D eigenvalue weighted by Crippen LogP contribution is 2.15. The van der Waals surface area contributed by atoms with E-state index in [1.54, 1.807) is 27.9 Å². The van der Waals surface area contributed by atoms with Crippen molar-refractivity contribution in [1.82, 2.24) is 14.7 Å². The quantitative estimate of drug-likeness (QED) is 0.919. The van der Waals surface area contributed by atoms with Crippen LogP contribution in [0.5, 0.6) is 0 Å². The van der Waals surface area contributed by atoms with Gasteiger partial charge in [-0.25, -0.2) is 4.39 Å². The molecule has 0 bridgehead atoms. The summed E-state index contributed by atoms with van der Waals surface area (Å²) >= 11 is 0. The first-order chi connectivity index (χ1) is 10.0. The zero-order valence-corrected chi connectivity index (χ0v) is 12.2. The molecule has 2 N–H and O–H groups in total. The number of aryl methyl sites for hydroxylation is 1. The van der Waals surface area contributed by atoms with Gasteiger partial charge in [-0.1, -0.05) is 12.1 Å². The zero-order valence-electron chi connectivity index (χ0n) is 12.2. The van der Waals surface area contributed by atoms with E-state index in [1.807, 2.05) is 13.8 Å². The van der Waals surface area contributed by atoms with Gasteiger partial charge in [0.1, 0.15) is 5.82 Å². The number of nitrogen functional groups attached to an aromatic ring is 1. The number of carbonyl (C=O) groups is 1. The van der Waals surface area contributed by atoms with Crippen LogP contribution in [-0.4, -0.2) is 27.1 Å². The lowest BCUT2D eigenvalue weighted by molar-refractivity contribution is 0.0746. The Morgan fingerprint density at radius 2 is 2.19 bits per heavy atom. The molecular weight excluding hydrogens is 271 g/mol. The van der Waals surface area contributed by atoms with Crippen molar-refractivity contribution in [2.45, 2.75) is 26.9 Å². The molecule has 1 aromatic heterocycles. The number of anilines is 1. The van der Waals surface area contributed by atoms with Crippen molar-refractivity contribution in [2.75, 3.05) is 12.3 Å². The van der Waals surface area contributed by atoms with Gasteiger partial charge in [0.15, 0.2) is 5.69 Å². The Hall–Kier alpha value is -2.37. The number of halogens is 1. The third-order valence-corrected chi connectivity index (χ3v) is 3.25. The van der Waals surface area contributed by atoms with Gasteiger partial charge in [-0.05, 0) is 31.5 Å². The standard InChI is InChI=1S/C15H19FN4O/c1-3-19(9-11-6-5-7-12(16)8-11)15(21)14-13(17)10-20(4-2)18-14/h5-8,10H,3-4,9,17H2,1-2H3. The Bertz CT molecular complexity index is 638. The lowest BCUT2D eigenvalue weighted by Crippen LogP contribution is -2.31. The Morgan fingerprint density at radius 3 is 2.76 bits per heavy atom. The smallest absolute Gasteiger partial charge is 0.276 e. The molecule has 0 fully saturated rings. The van der Waals surface area contributed by atoms with E-state index in [9.17, 15) is 9.18 Å². The van der Waals surface area contributed by atoms with Crippen molar-refractivity contribution >= 4 is 11.6 Å². The molecule has 2 rings (SSSR count). The lowest BCUT2D eigenvalue weighted by atomic mass is 10.2. The number of nitrogens with two attached hydrogens (primary N) is 1. The molecule has 0 atom stereocenters. The Morgan fingerprint density at radius 1 is 1.43 bits per heavy atom. The fourth-order valence-corrected chi connectivity index (χ4v) is 2.10. The molecule has 0 aliphatic heterocycles. The summed E-state index contributed by atoms with van der Waals surface area (Å²) in [5.41, 5.74) is 7.18. The minimum atomic E-state index is -0.314. The topological polar surface area (TPSA) is 64.2 Å². The largest absolute Gasteiger partial charge is 0.396 e. The molecule has 1 amide bonds. The van der Waals surface area contributed by atoms with Gasteiger partial charge in [0.05, 0.1) is 5.69 Å². The van der Waals surface area contributed by atoms with Crippen LogP contribution in [0.15, 0.2) is 30.5 Å². The molecule has 0 unspecified atom stereocenters. The maximum absolute atomic E-state index is 13.2. The normalized spacial score (nSPS) is 10.6. The third kappa shape index (κ3) is 3.39. The van der Waals surface area contributed by atoms with Crippen LogP contribution in [0.3, 0.4) is 0 Å². The van der Waals surface area contributed by atoms with E-state index in [1.165, 1.54) is 12.1 Å². The number of hydrogen-bond donors (Lipinski definition) is 1. The maximum atomic E-state index is 13.2. The van der Waals surface area contributed by atoms with Gasteiger partial charge in [0, 0.05) is 25.8 Å². The molecule has 21 heavy (non-hydrogen) atoms. The molecule has 0 radical (unpaired) electrons. The van der Waals surface area contributed by atoms with Gasteiger partial charge in [0.25, 0.3) is 5.91 Å². The highest BCUT2D eigenvalue weighted by atomic mass is 19.1. The molecule has 5 nitrogen and oxygen atoms in total. The molecule has 0 saturated carbocycles. The molecule has 0 aliphatic carbocycles. The van der Waals surface area contributed by atoms with Crippen molar-refractivity contribution in [3.8, 4) is 0 Å². The van der Waals surface area contributed by atoms with E-state index in [2.05, 4.69) is 5.10 Å². The summed E-state index contributed by atoms with van der Waals surface area (Å²) in [6.07, 6.45) is 1.64. The van der Waals surface area contributed by atoms with E-state index >= 15 is 0 Å². The summed E-state index contributed by atoms with van der Waals surface area (Å²) in [7, 11) is 0. The van der Waals surface area contributed by atoms with Crippen molar-refractivity contribution < 1.29 is 9.18 Å². The highest BCUT2D eigenvalue weighted by Gasteiger charge is 2.20. The van der Waals surface area contributed by atoms with Crippen molar-refractivity contribution in [1.29, 1.82) is 0 Å². The molecule has 6 heteroatoms. The third-order valence-electron chi connectivity index (χ3n) is 3.25. The van der Waals surface area contributed by atoms with E-state index in [-0.39, 0.29) is 17.4 Å². The average Bonchev–Trinajstić information content (AvgIpc) is 2.85. The highest BCUT2D eigenvalue weighted by molar-refractivity contribution is 5.97. The summed E-state index contributed by atoms with van der Waals surface area (Å²) in [6, 6.07) is 6.21. The molecular formula is C15H19FN4O.